The first kappa shape index (κ1) is 18.2. The SMILES string of the molecule is C=C/C(=C\N(C)C)c1c2c(nn1C)[C@@]1(C)C=C(C#N)C(=O)[C@@H](C)[C@@H]1CC2. The van der Waals surface area contributed by atoms with Gasteiger partial charge in [0.25, 0.3) is 0 Å². The number of hydrogen-bond acceptors (Lipinski definition) is 4. The molecule has 0 fully saturated rings. The summed E-state index contributed by atoms with van der Waals surface area (Å²) in [6.45, 7) is 8.04. The average molecular weight is 350 g/mol. The van der Waals surface area contributed by atoms with E-state index >= 15 is 0 Å². The van der Waals surface area contributed by atoms with Crippen LogP contribution in [0.4, 0.5) is 0 Å². The second-order valence-electron chi connectivity index (χ2n) is 7.80. The molecule has 0 radical (unpaired) electrons. The second kappa shape index (κ2) is 6.28. The molecule has 0 spiro atoms. The largest absolute Gasteiger partial charge is 0.383 e. The van der Waals surface area contributed by atoms with Crippen LogP contribution in [0, 0.1) is 23.2 Å². The van der Waals surface area contributed by atoms with Crippen molar-refractivity contribution < 1.29 is 4.79 Å². The minimum atomic E-state index is -0.396. The number of rotatable bonds is 3. The predicted molar refractivity (Wildman–Crippen MR) is 102 cm³/mol. The first-order valence-electron chi connectivity index (χ1n) is 8.99. The Hall–Kier alpha value is -2.61. The molecule has 3 rings (SSSR count). The molecule has 0 bridgehead atoms. The van der Waals surface area contributed by atoms with Crippen molar-refractivity contribution in [1.82, 2.24) is 14.7 Å². The van der Waals surface area contributed by atoms with Crippen LogP contribution < -0.4 is 0 Å². The minimum absolute atomic E-state index is 0.0335. The Kier molecular flexibility index (Phi) is 4.39. The molecule has 0 saturated carbocycles. The number of nitriles is 1. The smallest absolute Gasteiger partial charge is 0.176 e. The second-order valence-corrected chi connectivity index (χ2v) is 7.80. The predicted octanol–water partition coefficient (Wildman–Crippen LogP) is 3.00. The third-order valence-electron chi connectivity index (χ3n) is 5.87. The number of aryl methyl sites for hydroxylation is 1. The number of Topliss-reactive ketones (excluding diaryl/α,β-unsaturated/α-hetero) is 1. The standard InChI is InChI=1S/C21H26N4O/c1-7-14(12-24(4)5)18-16-8-9-17-13(2)19(26)15(11-22)10-21(17,3)20(16)23-25(18)6/h7,10,12-13,17H,1,8-9H2,2-6H3/b14-12+/t13-,17-,21-/m0/s1. The van der Waals surface area contributed by atoms with Gasteiger partial charge in [-0.05, 0) is 18.8 Å². The number of ketones is 1. The Morgan fingerprint density at radius 3 is 2.81 bits per heavy atom. The van der Waals surface area contributed by atoms with Gasteiger partial charge in [-0.25, -0.2) is 0 Å². The highest BCUT2D eigenvalue weighted by Gasteiger charge is 2.50. The van der Waals surface area contributed by atoms with Crippen LogP contribution in [0.3, 0.4) is 0 Å². The molecular formula is C21H26N4O. The summed E-state index contributed by atoms with van der Waals surface area (Å²) >= 11 is 0. The van der Waals surface area contributed by atoms with Gasteiger partial charge in [-0.2, -0.15) is 10.4 Å². The van der Waals surface area contributed by atoms with Crippen LogP contribution in [0.5, 0.6) is 0 Å². The van der Waals surface area contributed by atoms with Gasteiger partial charge in [0, 0.05) is 49.8 Å². The quantitative estimate of drug-likeness (QED) is 0.786. The lowest BCUT2D eigenvalue weighted by molar-refractivity contribution is -0.121. The molecule has 0 aliphatic heterocycles. The summed E-state index contributed by atoms with van der Waals surface area (Å²) in [4.78, 5) is 14.5. The van der Waals surface area contributed by atoms with Gasteiger partial charge in [-0.1, -0.05) is 32.6 Å². The molecule has 0 unspecified atom stereocenters. The lowest BCUT2D eigenvalue weighted by Crippen LogP contribution is -2.45. The molecule has 0 aromatic carbocycles. The molecule has 26 heavy (non-hydrogen) atoms. The number of fused-ring (bicyclic) bond motifs is 3. The summed E-state index contributed by atoms with van der Waals surface area (Å²) in [5, 5.41) is 14.3. The summed E-state index contributed by atoms with van der Waals surface area (Å²) in [5.41, 5.74) is 4.16. The fraction of sp³-hybridized carbons (Fsp3) is 0.476. The van der Waals surface area contributed by atoms with E-state index in [-0.39, 0.29) is 23.2 Å². The highest BCUT2D eigenvalue weighted by atomic mass is 16.1. The van der Waals surface area contributed by atoms with Crippen LogP contribution in [-0.4, -0.2) is 34.6 Å². The zero-order chi connectivity index (χ0) is 19.2. The molecule has 0 saturated heterocycles. The average Bonchev–Trinajstić information content (AvgIpc) is 2.93. The van der Waals surface area contributed by atoms with Gasteiger partial charge in [0.05, 0.1) is 17.0 Å². The van der Waals surface area contributed by atoms with E-state index in [9.17, 15) is 10.1 Å². The monoisotopic (exact) mass is 350 g/mol. The molecule has 5 heteroatoms. The third-order valence-corrected chi connectivity index (χ3v) is 5.87. The maximum atomic E-state index is 12.5. The fourth-order valence-electron chi connectivity index (χ4n) is 4.69. The zero-order valence-corrected chi connectivity index (χ0v) is 16.2. The number of aromatic nitrogens is 2. The van der Waals surface area contributed by atoms with Crippen molar-refractivity contribution in [3.05, 3.63) is 47.5 Å². The van der Waals surface area contributed by atoms with Crippen LogP contribution in [-0.2, 0) is 23.7 Å². The minimum Gasteiger partial charge on any atom is -0.383 e. The van der Waals surface area contributed by atoms with Crippen LogP contribution in [0.15, 0.2) is 30.5 Å². The van der Waals surface area contributed by atoms with Gasteiger partial charge in [0.15, 0.2) is 5.78 Å². The molecular weight excluding hydrogens is 324 g/mol. The van der Waals surface area contributed by atoms with E-state index in [1.54, 1.807) is 0 Å². The normalized spacial score (nSPS) is 27.9. The molecule has 1 aromatic rings. The van der Waals surface area contributed by atoms with Crippen molar-refractivity contribution in [3.8, 4) is 6.07 Å². The van der Waals surface area contributed by atoms with E-state index in [0.29, 0.717) is 0 Å². The number of hydrogen-bond donors (Lipinski definition) is 0. The molecule has 0 amide bonds. The van der Waals surface area contributed by atoms with E-state index in [1.165, 1.54) is 5.56 Å². The third kappa shape index (κ3) is 2.52. The molecule has 0 N–H and O–H groups in total. The van der Waals surface area contributed by atoms with Crippen LogP contribution in [0.1, 0.15) is 37.2 Å². The van der Waals surface area contributed by atoms with Gasteiger partial charge < -0.3 is 4.90 Å². The van der Waals surface area contributed by atoms with Crippen molar-refractivity contribution in [2.45, 2.75) is 32.1 Å². The van der Waals surface area contributed by atoms with Crippen LogP contribution in [0.2, 0.25) is 0 Å². The molecule has 1 heterocycles. The summed E-state index contributed by atoms with van der Waals surface area (Å²) in [6, 6.07) is 2.10. The van der Waals surface area contributed by atoms with Gasteiger partial charge in [0.2, 0.25) is 0 Å². The van der Waals surface area contributed by atoms with Gasteiger partial charge >= 0.3 is 0 Å². The van der Waals surface area contributed by atoms with Gasteiger partial charge in [-0.3, -0.25) is 9.48 Å². The zero-order valence-electron chi connectivity index (χ0n) is 16.2. The molecule has 3 atom stereocenters. The Bertz CT molecular complexity index is 881. The van der Waals surface area contributed by atoms with E-state index in [1.807, 2.05) is 56.0 Å². The number of carbonyl (C=O) groups excluding carboxylic acids is 1. The first-order valence-corrected chi connectivity index (χ1v) is 8.99. The molecule has 136 valence electrons. The lowest BCUT2D eigenvalue weighted by atomic mass is 9.58. The summed E-state index contributed by atoms with van der Waals surface area (Å²) in [6.07, 6.45) is 7.55. The summed E-state index contributed by atoms with van der Waals surface area (Å²) in [7, 11) is 5.92. The summed E-state index contributed by atoms with van der Waals surface area (Å²) < 4.78 is 1.91. The number of allylic oxidation sites excluding steroid dienone is 4. The lowest BCUT2D eigenvalue weighted by Gasteiger charge is -2.44. The maximum absolute atomic E-state index is 12.5. The molecule has 2 aliphatic rings. The van der Waals surface area contributed by atoms with E-state index in [2.05, 4.69) is 19.6 Å². The van der Waals surface area contributed by atoms with E-state index in [0.717, 1.165) is 29.8 Å². The van der Waals surface area contributed by atoms with Crippen LogP contribution in [0.25, 0.3) is 5.57 Å². The Labute approximate surface area is 155 Å². The van der Waals surface area contributed by atoms with Gasteiger partial charge in [-0.15, -0.1) is 0 Å². The number of carbonyl (C=O) groups is 1. The molecule has 1 aromatic heterocycles. The Morgan fingerprint density at radius 2 is 2.23 bits per heavy atom. The molecule has 2 aliphatic carbocycles. The fourth-order valence-corrected chi connectivity index (χ4v) is 4.69. The first-order chi connectivity index (χ1) is 12.2. The Morgan fingerprint density at radius 1 is 1.54 bits per heavy atom. The van der Waals surface area contributed by atoms with E-state index < -0.39 is 5.41 Å². The van der Waals surface area contributed by atoms with Crippen molar-refractivity contribution in [2.24, 2.45) is 18.9 Å². The van der Waals surface area contributed by atoms with Gasteiger partial charge in [0.1, 0.15) is 6.07 Å². The maximum Gasteiger partial charge on any atom is 0.176 e. The van der Waals surface area contributed by atoms with Crippen molar-refractivity contribution in [2.75, 3.05) is 14.1 Å². The highest BCUT2D eigenvalue weighted by molar-refractivity contribution is 6.02. The van der Waals surface area contributed by atoms with E-state index in [4.69, 9.17) is 5.10 Å². The molecule has 5 nitrogen and oxygen atoms in total. The van der Waals surface area contributed by atoms with Crippen molar-refractivity contribution in [3.63, 3.8) is 0 Å². The van der Waals surface area contributed by atoms with Crippen molar-refractivity contribution >= 4 is 11.4 Å². The van der Waals surface area contributed by atoms with Crippen LogP contribution >= 0.6 is 0 Å². The van der Waals surface area contributed by atoms with Crippen molar-refractivity contribution in [1.29, 1.82) is 5.26 Å². The summed E-state index contributed by atoms with van der Waals surface area (Å²) in [5.74, 6) is -0.0179. The number of nitrogens with zero attached hydrogens (tertiary/aromatic N) is 4. The topological polar surface area (TPSA) is 61.9 Å². The Balaban J connectivity index is 2.23. The highest BCUT2D eigenvalue weighted by Crippen LogP contribution is 2.50.